The highest BCUT2D eigenvalue weighted by atomic mass is 19.1. The first-order valence-electron chi connectivity index (χ1n) is 6.15. The van der Waals surface area contributed by atoms with Crippen LogP contribution in [0.5, 0.6) is 11.5 Å². The Morgan fingerprint density at radius 2 is 1.80 bits per heavy atom. The van der Waals surface area contributed by atoms with Crippen molar-refractivity contribution >= 4 is 0 Å². The van der Waals surface area contributed by atoms with E-state index in [0.29, 0.717) is 17.7 Å². The molecule has 0 aliphatic carbocycles. The van der Waals surface area contributed by atoms with Gasteiger partial charge in [0.2, 0.25) is 0 Å². The third kappa shape index (κ3) is 3.12. The van der Waals surface area contributed by atoms with Crippen LogP contribution in [0.2, 0.25) is 0 Å². The molecule has 0 aliphatic rings. The molecule has 3 nitrogen and oxygen atoms in total. The Balaban J connectivity index is 2.34. The standard InChI is InChI=1S/C15H15F2NO2/c1-18-8-10-6-12(16)15(13(17)7-10)20-14-5-3-2-4-11(14)9-19/h2-7,18-19H,8-9H2,1H3. The van der Waals surface area contributed by atoms with Crippen LogP contribution in [0.25, 0.3) is 0 Å². The van der Waals surface area contributed by atoms with Crippen LogP contribution in [-0.4, -0.2) is 12.2 Å². The second kappa shape index (κ2) is 6.45. The number of hydrogen-bond donors (Lipinski definition) is 2. The van der Waals surface area contributed by atoms with Gasteiger partial charge >= 0.3 is 0 Å². The number of halogens is 2. The monoisotopic (exact) mass is 279 g/mol. The van der Waals surface area contributed by atoms with Gasteiger partial charge in [0.05, 0.1) is 6.61 Å². The molecular weight excluding hydrogens is 264 g/mol. The minimum absolute atomic E-state index is 0.231. The lowest BCUT2D eigenvalue weighted by molar-refractivity contribution is 0.275. The molecule has 106 valence electrons. The Bertz CT molecular complexity index is 579. The van der Waals surface area contributed by atoms with Crippen LogP contribution in [0.3, 0.4) is 0 Å². The van der Waals surface area contributed by atoms with Gasteiger partial charge < -0.3 is 15.2 Å². The summed E-state index contributed by atoms with van der Waals surface area (Å²) in [5.74, 6) is -1.79. The first-order valence-corrected chi connectivity index (χ1v) is 6.15. The molecular formula is C15H15F2NO2. The summed E-state index contributed by atoms with van der Waals surface area (Å²) in [7, 11) is 1.69. The normalized spacial score (nSPS) is 10.6. The molecule has 2 rings (SSSR count). The van der Waals surface area contributed by atoms with E-state index in [2.05, 4.69) is 5.32 Å². The fourth-order valence-electron chi connectivity index (χ4n) is 1.86. The van der Waals surface area contributed by atoms with Crippen LogP contribution in [-0.2, 0) is 13.2 Å². The second-order valence-electron chi connectivity index (χ2n) is 4.29. The molecule has 0 radical (unpaired) electrons. The summed E-state index contributed by atoms with van der Waals surface area (Å²) >= 11 is 0. The lowest BCUT2D eigenvalue weighted by Crippen LogP contribution is -2.06. The van der Waals surface area contributed by atoms with Gasteiger partial charge in [-0.3, -0.25) is 0 Å². The van der Waals surface area contributed by atoms with E-state index in [1.54, 1.807) is 31.3 Å². The average molecular weight is 279 g/mol. The largest absolute Gasteiger partial charge is 0.451 e. The molecule has 2 aromatic carbocycles. The number of ether oxygens (including phenoxy) is 1. The maximum absolute atomic E-state index is 13.9. The quantitative estimate of drug-likeness (QED) is 0.884. The van der Waals surface area contributed by atoms with Gasteiger partial charge in [-0.1, -0.05) is 18.2 Å². The number of aliphatic hydroxyl groups is 1. The van der Waals surface area contributed by atoms with Crippen molar-refractivity contribution in [3.8, 4) is 11.5 Å². The Labute approximate surface area is 115 Å². The summed E-state index contributed by atoms with van der Waals surface area (Å²) in [4.78, 5) is 0. The van der Waals surface area contributed by atoms with Crippen molar-refractivity contribution < 1.29 is 18.6 Å². The van der Waals surface area contributed by atoms with E-state index in [4.69, 9.17) is 4.74 Å². The number of rotatable bonds is 5. The Kier molecular flexibility index (Phi) is 4.65. The predicted octanol–water partition coefficient (Wildman–Crippen LogP) is 2.97. The van der Waals surface area contributed by atoms with Gasteiger partial charge in [-0.2, -0.15) is 0 Å². The van der Waals surface area contributed by atoms with Crippen molar-refractivity contribution in [2.75, 3.05) is 7.05 Å². The number of aliphatic hydroxyl groups excluding tert-OH is 1. The van der Waals surface area contributed by atoms with E-state index in [-0.39, 0.29) is 12.4 Å². The third-order valence-electron chi connectivity index (χ3n) is 2.79. The zero-order valence-electron chi connectivity index (χ0n) is 11.0. The van der Waals surface area contributed by atoms with Gasteiger partial charge in [0.1, 0.15) is 5.75 Å². The Morgan fingerprint density at radius 1 is 1.15 bits per heavy atom. The summed E-state index contributed by atoms with van der Waals surface area (Å²) in [6.45, 7) is 0.0958. The molecule has 0 aliphatic heterocycles. The van der Waals surface area contributed by atoms with Crippen molar-refractivity contribution in [1.29, 1.82) is 0 Å². The summed E-state index contributed by atoms with van der Waals surface area (Å²) in [6, 6.07) is 8.99. The van der Waals surface area contributed by atoms with E-state index < -0.39 is 17.4 Å². The molecule has 0 heterocycles. The highest BCUT2D eigenvalue weighted by Gasteiger charge is 2.15. The number of nitrogens with one attached hydrogen (secondary N) is 1. The van der Waals surface area contributed by atoms with E-state index in [9.17, 15) is 13.9 Å². The number of para-hydroxylation sites is 1. The molecule has 0 unspecified atom stereocenters. The van der Waals surface area contributed by atoms with Gasteiger partial charge in [0, 0.05) is 12.1 Å². The van der Waals surface area contributed by atoms with Crippen LogP contribution in [0.1, 0.15) is 11.1 Å². The molecule has 0 spiro atoms. The molecule has 0 atom stereocenters. The molecule has 2 aromatic rings. The molecule has 0 fully saturated rings. The molecule has 2 N–H and O–H groups in total. The van der Waals surface area contributed by atoms with Crippen LogP contribution in [0.4, 0.5) is 8.78 Å². The molecule has 0 aromatic heterocycles. The van der Waals surface area contributed by atoms with Gasteiger partial charge in [-0.15, -0.1) is 0 Å². The minimum atomic E-state index is -0.775. The zero-order chi connectivity index (χ0) is 14.5. The van der Waals surface area contributed by atoms with E-state index >= 15 is 0 Å². The lowest BCUT2D eigenvalue weighted by Gasteiger charge is -2.12. The van der Waals surface area contributed by atoms with E-state index in [1.165, 1.54) is 12.1 Å². The number of hydrogen-bond acceptors (Lipinski definition) is 3. The SMILES string of the molecule is CNCc1cc(F)c(Oc2ccccc2CO)c(F)c1. The topological polar surface area (TPSA) is 41.5 Å². The Hall–Kier alpha value is -1.98. The smallest absolute Gasteiger partial charge is 0.198 e. The highest BCUT2D eigenvalue weighted by molar-refractivity contribution is 5.39. The van der Waals surface area contributed by atoms with Gasteiger partial charge in [-0.25, -0.2) is 8.78 Å². The first-order chi connectivity index (χ1) is 9.65. The van der Waals surface area contributed by atoms with Crippen LogP contribution >= 0.6 is 0 Å². The Morgan fingerprint density at radius 3 is 2.40 bits per heavy atom. The summed E-state index contributed by atoms with van der Waals surface area (Å²) in [5.41, 5.74) is 0.955. The lowest BCUT2D eigenvalue weighted by atomic mass is 10.2. The summed E-state index contributed by atoms with van der Waals surface area (Å²) in [5, 5.41) is 12.0. The van der Waals surface area contributed by atoms with E-state index in [1.807, 2.05) is 0 Å². The number of benzene rings is 2. The second-order valence-corrected chi connectivity index (χ2v) is 4.29. The molecule has 0 amide bonds. The van der Waals surface area contributed by atoms with Gasteiger partial charge in [-0.05, 0) is 30.8 Å². The third-order valence-corrected chi connectivity index (χ3v) is 2.79. The molecule has 0 saturated carbocycles. The van der Waals surface area contributed by atoms with Crippen molar-refractivity contribution in [2.45, 2.75) is 13.2 Å². The minimum Gasteiger partial charge on any atom is -0.451 e. The van der Waals surface area contributed by atoms with E-state index in [0.717, 1.165) is 0 Å². The maximum atomic E-state index is 13.9. The van der Waals surface area contributed by atoms with Crippen molar-refractivity contribution in [3.05, 3.63) is 59.2 Å². The average Bonchev–Trinajstić information content (AvgIpc) is 2.43. The van der Waals surface area contributed by atoms with Crippen LogP contribution in [0.15, 0.2) is 36.4 Å². The molecule has 5 heteroatoms. The van der Waals surface area contributed by atoms with Crippen molar-refractivity contribution in [1.82, 2.24) is 5.32 Å². The molecule has 20 heavy (non-hydrogen) atoms. The molecule has 0 bridgehead atoms. The predicted molar refractivity (Wildman–Crippen MR) is 71.6 cm³/mol. The molecule has 0 saturated heterocycles. The van der Waals surface area contributed by atoms with Crippen LogP contribution < -0.4 is 10.1 Å². The van der Waals surface area contributed by atoms with Crippen LogP contribution in [0, 0.1) is 11.6 Å². The fourth-order valence-corrected chi connectivity index (χ4v) is 1.86. The fraction of sp³-hybridized carbons (Fsp3) is 0.200. The van der Waals surface area contributed by atoms with Gasteiger partial charge in [0.25, 0.3) is 0 Å². The summed E-state index contributed by atoms with van der Waals surface area (Å²) in [6.07, 6.45) is 0. The van der Waals surface area contributed by atoms with Crippen molar-refractivity contribution in [2.24, 2.45) is 0 Å². The van der Waals surface area contributed by atoms with Gasteiger partial charge in [0.15, 0.2) is 17.4 Å². The summed E-state index contributed by atoms with van der Waals surface area (Å²) < 4.78 is 33.1. The highest BCUT2D eigenvalue weighted by Crippen LogP contribution is 2.30. The maximum Gasteiger partial charge on any atom is 0.198 e. The van der Waals surface area contributed by atoms with Crippen molar-refractivity contribution in [3.63, 3.8) is 0 Å². The first kappa shape index (κ1) is 14.4. The zero-order valence-corrected chi connectivity index (χ0v) is 11.0.